The molecule has 1 aliphatic heterocycles. The summed E-state index contributed by atoms with van der Waals surface area (Å²) in [5.74, 6) is -0.229. The third-order valence-electron chi connectivity index (χ3n) is 3.86. The lowest BCUT2D eigenvalue weighted by Gasteiger charge is -2.35. The van der Waals surface area contributed by atoms with Crippen molar-refractivity contribution in [2.45, 2.75) is 6.42 Å². The van der Waals surface area contributed by atoms with E-state index in [1.165, 1.54) is 22.6 Å². The van der Waals surface area contributed by atoms with Crippen LogP contribution in [0, 0.1) is 5.82 Å². The highest BCUT2D eigenvalue weighted by atomic mass is 32.1. The average Bonchev–Trinajstić information content (AvgIpc) is 2.56. The predicted octanol–water partition coefficient (Wildman–Crippen LogP) is 1.56. The van der Waals surface area contributed by atoms with Gasteiger partial charge >= 0.3 is 0 Å². The largest absolute Gasteiger partial charge is 0.315 e. The molecule has 1 saturated heterocycles. The second-order valence-electron chi connectivity index (χ2n) is 5.46. The molecule has 1 atom stereocenters. The first-order valence-electron chi connectivity index (χ1n) is 7.41. The van der Waals surface area contributed by atoms with Crippen LogP contribution in [0.25, 0.3) is 0 Å². The van der Waals surface area contributed by atoms with Gasteiger partial charge in [-0.05, 0) is 42.0 Å². The van der Waals surface area contributed by atoms with Crippen molar-refractivity contribution in [1.29, 1.82) is 0 Å². The lowest BCUT2D eigenvalue weighted by molar-refractivity contribution is -0.902. The second kappa shape index (κ2) is 6.85. The van der Waals surface area contributed by atoms with Gasteiger partial charge in [-0.15, -0.1) is 0 Å². The standard InChI is InChI=1S/C17H18FN3S/c18-15-6-8-16(9-7-15)21-13-20(12-19-17(21)22)11-10-14-4-2-1-3-5-14/h1-9H,10-13H2,(H,19,22)/p+1. The molecule has 1 aliphatic rings. The summed E-state index contributed by atoms with van der Waals surface area (Å²) in [6.45, 7) is 2.64. The van der Waals surface area contributed by atoms with Gasteiger partial charge in [0.05, 0.1) is 6.54 Å². The summed E-state index contributed by atoms with van der Waals surface area (Å²) in [7, 11) is 0. The van der Waals surface area contributed by atoms with Gasteiger partial charge in [-0.3, -0.25) is 4.90 Å². The average molecular weight is 316 g/mol. The molecule has 1 unspecified atom stereocenters. The third kappa shape index (κ3) is 3.61. The van der Waals surface area contributed by atoms with Crippen molar-refractivity contribution in [3.63, 3.8) is 0 Å². The van der Waals surface area contributed by atoms with Crippen molar-refractivity contribution in [3.8, 4) is 0 Å². The van der Waals surface area contributed by atoms with E-state index in [1.54, 1.807) is 12.1 Å². The Kier molecular flexibility index (Phi) is 4.65. The van der Waals surface area contributed by atoms with E-state index in [1.807, 2.05) is 11.0 Å². The minimum absolute atomic E-state index is 0.229. The number of nitrogens with zero attached hydrogens (tertiary/aromatic N) is 1. The molecular formula is C17H19FN3S+. The minimum Gasteiger partial charge on any atom is -0.315 e. The molecule has 3 rings (SSSR count). The van der Waals surface area contributed by atoms with Crippen molar-refractivity contribution in [3.05, 3.63) is 66.0 Å². The topological polar surface area (TPSA) is 19.7 Å². The van der Waals surface area contributed by atoms with Crippen LogP contribution in [0.4, 0.5) is 10.1 Å². The number of hydrogen-bond donors (Lipinski definition) is 2. The molecule has 1 fully saturated rings. The SMILES string of the molecule is Fc1ccc(N2C[NH+](CCc3ccccc3)CNC2=S)cc1. The molecule has 3 nitrogen and oxygen atoms in total. The number of halogens is 1. The van der Waals surface area contributed by atoms with Crippen molar-refractivity contribution >= 4 is 23.0 Å². The number of hydrogen-bond acceptors (Lipinski definition) is 1. The van der Waals surface area contributed by atoms with Gasteiger partial charge in [0.2, 0.25) is 0 Å². The molecule has 1 heterocycles. The summed E-state index contributed by atoms with van der Waals surface area (Å²) < 4.78 is 13.1. The molecule has 2 aromatic carbocycles. The fourth-order valence-electron chi connectivity index (χ4n) is 2.61. The maximum absolute atomic E-state index is 13.1. The van der Waals surface area contributed by atoms with Crippen LogP contribution in [0.15, 0.2) is 54.6 Å². The molecule has 114 valence electrons. The number of rotatable bonds is 4. The summed E-state index contributed by atoms with van der Waals surface area (Å²) in [4.78, 5) is 3.43. The monoisotopic (exact) mass is 316 g/mol. The van der Waals surface area contributed by atoms with Crippen LogP contribution in [0.1, 0.15) is 5.56 Å². The second-order valence-corrected chi connectivity index (χ2v) is 5.84. The van der Waals surface area contributed by atoms with Crippen LogP contribution in [0.5, 0.6) is 0 Å². The molecule has 0 bridgehead atoms. The number of benzene rings is 2. The molecule has 22 heavy (non-hydrogen) atoms. The van der Waals surface area contributed by atoms with E-state index in [-0.39, 0.29) is 5.82 Å². The van der Waals surface area contributed by atoms with Crippen molar-refractivity contribution in [2.24, 2.45) is 0 Å². The smallest absolute Gasteiger partial charge is 0.182 e. The highest BCUT2D eigenvalue weighted by Gasteiger charge is 2.24. The van der Waals surface area contributed by atoms with E-state index in [4.69, 9.17) is 12.2 Å². The van der Waals surface area contributed by atoms with Crippen LogP contribution in [0.3, 0.4) is 0 Å². The van der Waals surface area contributed by atoms with E-state index in [9.17, 15) is 4.39 Å². The zero-order valence-corrected chi connectivity index (χ0v) is 13.1. The number of quaternary nitrogens is 1. The van der Waals surface area contributed by atoms with E-state index in [2.05, 4.69) is 29.6 Å². The molecule has 5 heteroatoms. The van der Waals surface area contributed by atoms with Crippen molar-refractivity contribution in [2.75, 3.05) is 24.8 Å². The molecule has 0 spiro atoms. The molecule has 2 N–H and O–H groups in total. The minimum atomic E-state index is -0.229. The van der Waals surface area contributed by atoms with Gasteiger partial charge in [0, 0.05) is 12.1 Å². The Bertz CT molecular complexity index is 630. The summed E-state index contributed by atoms with van der Waals surface area (Å²) >= 11 is 5.38. The molecule has 0 amide bonds. The van der Waals surface area contributed by atoms with Gasteiger partial charge in [-0.1, -0.05) is 30.3 Å². The van der Waals surface area contributed by atoms with E-state index < -0.39 is 0 Å². The van der Waals surface area contributed by atoms with Gasteiger partial charge in [-0.25, -0.2) is 4.39 Å². The van der Waals surface area contributed by atoms with Crippen LogP contribution in [0.2, 0.25) is 0 Å². The highest BCUT2D eigenvalue weighted by Crippen LogP contribution is 2.14. The lowest BCUT2D eigenvalue weighted by Crippen LogP contribution is -3.17. The summed E-state index contributed by atoms with van der Waals surface area (Å²) in [6, 6.07) is 16.9. The molecule has 0 aliphatic carbocycles. The van der Waals surface area contributed by atoms with E-state index >= 15 is 0 Å². The zero-order valence-electron chi connectivity index (χ0n) is 12.3. The first-order valence-corrected chi connectivity index (χ1v) is 7.81. The fraction of sp³-hybridized carbons (Fsp3) is 0.235. The van der Waals surface area contributed by atoms with Gasteiger partial charge in [0.1, 0.15) is 5.82 Å². The number of nitrogens with one attached hydrogen (secondary N) is 2. The summed E-state index contributed by atoms with van der Waals surface area (Å²) in [5, 5.41) is 3.96. The Labute approximate surface area is 135 Å². The van der Waals surface area contributed by atoms with Crippen LogP contribution >= 0.6 is 12.2 Å². The van der Waals surface area contributed by atoms with Gasteiger partial charge in [-0.2, -0.15) is 0 Å². The third-order valence-corrected chi connectivity index (χ3v) is 4.23. The molecule has 0 radical (unpaired) electrons. The van der Waals surface area contributed by atoms with Gasteiger partial charge in [0.15, 0.2) is 18.4 Å². The van der Waals surface area contributed by atoms with Crippen molar-refractivity contribution < 1.29 is 9.29 Å². The zero-order chi connectivity index (χ0) is 15.4. The number of anilines is 1. The predicted molar refractivity (Wildman–Crippen MR) is 90.3 cm³/mol. The fourth-order valence-corrected chi connectivity index (χ4v) is 2.85. The lowest BCUT2D eigenvalue weighted by atomic mass is 10.1. The Morgan fingerprint density at radius 1 is 1.09 bits per heavy atom. The van der Waals surface area contributed by atoms with E-state index in [0.717, 1.165) is 32.0 Å². The highest BCUT2D eigenvalue weighted by molar-refractivity contribution is 7.80. The van der Waals surface area contributed by atoms with Crippen molar-refractivity contribution in [1.82, 2.24) is 5.32 Å². The van der Waals surface area contributed by atoms with E-state index in [0.29, 0.717) is 5.11 Å². The Morgan fingerprint density at radius 2 is 1.82 bits per heavy atom. The number of thiocarbonyl (C=S) groups is 1. The summed E-state index contributed by atoms with van der Waals surface area (Å²) in [6.07, 6.45) is 1.03. The van der Waals surface area contributed by atoms with Crippen LogP contribution < -0.4 is 15.1 Å². The summed E-state index contributed by atoms with van der Waals surface area (Å²) in [5.41, 5.74) is 2.27. The van der Waals surface area contributed by atoms with Crippen LogP contribution in [-0.2, 0) is 6.42 Å². The van der Waals surface area contributed by atoms with Gasteiger partial charge < -0.3 is 10.2 Å². The normalized spacial score (nSPS) is 18.1. The molecular weight excluding hydrogens is 297 g/mol. The molecule has 0 saturated carbocycles. The van der Waals surface area contributed by atoms with Crippen LogP contribution in [-0.4, -0.2) is 25.0 Å². The van der Waals surface area contributed by atoms with Gasteiger partial charge in [0.25, 0.3) is 0 Å². The Morgan fingerprint density at radius 3 is 2.55 bits per heavy atom. The Hall–Kier alpha value is -1.98. The first kappa shape index (κ1) is 14.9. The molecule has 2 aromatic rings. The Balaban J connectivity index is 1.63. The molecule has 0 aromatic heterocycles. The quantitative estimate of drug-likeness (QED) is 0.836. The maximum Gasteiger partial charge on any atom is 0.182 e. The first-order chi connectivity index (χ1) is 10.7. The maximum atomic E-state index is 13.1.